The van der Waals surface area contributed by atoms with Gasteiger partial charge in [-0.3, -0.25) is 9.89 Å². The molecule has 2 fully saturated rings. The average molecular weight is 490 g/mol. The predicted molar refractivity (Wildman–Crippen MR) is 120 cm³/mol. The number of halogens is 1. The van der Waals surface area contributed by atoms with E-state index < -0.39 is 0 Å². The van der Waals surface area contributed by atoms with Crippen molar-refractivity contribution < 1.29 is 9.15 Å². The lowest BCUT2D eigenvalue weighted by Gasteiger charge is -2.32. The molecular weight excluding hydrogens is 455 g/mol. The van der Waals surface area contributed by atoms with E-state index in [-0.39, 0.29) is 30.0 Å². The summed E-state index contributed by atoms with van der Waals surface area (Å²) in [5, 5.41) is 6.72. The van der Waals surface area contributed by atoms with Crippen LogP contribution in [0.4, 0.5) is 0 Å². The maximum atomic E-state index is 5.71. The Bertz CT molecular complexity index is 528. The van der Waals surface area contributed by atoms with E-state index in [9.17, 15) is 0 Å². The molecule has 2 aliphatic rings. The number of aliphatic imine (C=N–C) groups is 1. The van der Waals surface area contributed by atoms with Crippen LogP contribution in [0.25, 0.3) is 0 Å². The summed E-state index contributed by atoms with van der Waals surface area (Å²) in [6.45, 7) is 8.32. The van der Waals surface area contributed by atoms with E-state index in [0.717, 1.165) is 57.0 Å². The summed E-state index contributed by atoms with van der Waals surface area (Å²) in [5.41, 5.74) is 0. The number of nitrogens with one attached hydrogen (secondary N) is 2. The van der Waals surface area contributed by atoms with E-state index in [1.54, 1.807) is 6.26 Å². The molecule has 2 N–H and O–H groups in total. The highest BCUT2D eigenvalue weighted by Crippen LogP contribution is 2.28. The SMILES string of the molecule is CCNC(=NCC(c1ccco1)N1CCCCC1)NCCOCC1CC1.I. The molecule has 1 saturated heterocycles. The Morgan fingerprint density at radius 2 is 2.11 bits per heavy atom. The van der Waals surface area contributed by atoms with Crippen molar-refractivity contribution >= 4 is 29.9 Å². The van der Waals surface area contributed by atoms with Crippen LogP contribution < -0.4 is 10.6 Å². The molecular formula is C20H35IN4O2. The zero-order chi connectivity index (χ0) is 18.0. The maximum Gasteiger partial charge on any atom is 0.191 e. The lowest BCUT2D eigenvalue weighted by molar-refractivity contribution is 0.129. The third-order valence-electron chi connectivity index (χ3n) is 5.06. The number of piperidine rings is 1. The summed E-state index contributed by atoms with van der Waals surface area (Å²) in [6, 6.07) is 4.25. The zero-order valence-corrected chi connectivity index (χ0v) is 18.8. The summed E-state index contributed by atoms with van der Waals surface area (Å²) in [4.78, 5) is 7.34. The van der Waals surface area contributed by atoms with E-state index in [0.29, 0.717) is 6.54 Å². The number of likely N-dealkylation sites (tertiary alicyclic amines) is 1. The first-order valence-corrected chi connectivity index (χ1v) is 10.2. The Hall–Kier alpha value is -0.800. The van der Waals surface area contributed by atoms with Crippen LogP contribution in [0.3, 0.4) is 0 Å². The second-order valence-corrected chi connectivity index (χ2v) is 7.29. The maximum absolute atomic E-state index is 5.71. The van der Waals surface area contributed by atoms with Crippen molar-refractivity contribution in [3.05, 3.63) is 24.2 Å². The second kappa shape index (κ2) is 12.6. The molecule has 1 aromatic heterocycles. The van der Waals surface area contributed by atoms with E-state index in [1.807, 2.05) is 6.07 Å². The van der Waals surface area contributed by atoms with Gasteiger partial charge in [-0.2, -0.15) is 0 Å². The Kier molecular flexibility index (Phi) is 10.5. The van der Waals surface area contributed by atoms with E-state index >= 15 is 0 Å². The van der Waals surface area contributed by atoms with Gasteiger partial charge in [-0.15, -0.1) is 24.0 Å². The van der Waals surface area contributed by atoms with Gasteiger partial charge in [0.15, 0.2) is 5.96 Å². The van der Waals surface area contributed by atoms with Crippen molar-refractivity contribution in [3.8, 4) is 0 Å². The molecule has 1 saturated carbocycles. The molecule has 6 nitrogen and oxygen atoms in total. The zero-order valence-electron chi connectivity index (χ0n) is 16.5. The highest BCUT2D eigenvalue weighted by molar-refractivity contribution is 14.0. The van der Waals surface area contributed by atoms with Gasteiger partial charge in [0.1, 0.15) is 5.76 Å². The van der Waals surface area contributed by atoms with Crippen molar-refractivity contribution in [2.24, 2.45) is 10.9 Å². The quantitative estimate of drug-likeness (QED) is 0.228. The minimum Gasteiger partial charge on any atom is -0.468 e. The number of furan rings is 1. The van der Waals surface area contributed by atoms with Crippen molar-refractivity contribution in [2.45, 2.75) is 45.1 Å². The summed E-state index contributed by atoms with van der Waals surface area (Å²) in [6.07, 6.45) is 8.28. The molecule has 1 atom stereocenters. The van der Waals surface area contributed by atoms with Crippen LogP contribution in [0.15, 0.2) is 27.8 Å². The van der Waals surface area contributed by atoms with Gasteiger partial charge in [0, 0.05) is 19.7 Å². The van der Waals surface area contributed by atoms with Crippen LogP contribution in [0, 0.1) is 5.92 Å². The minimum atomic E-state index is 0. The molecule has 0 bridgehead atoms. The van der Waals surface area contributed by atoms with Crippen molar-refractivity contribution in [1.29, 1.82) is 0 Å². The molecule has 1 aliphatic heterocycles. The predicted octanol–water partition coefficient (Wildman–Crippen LogP) is 3.41. The Morgan fingerprint density at radius 1 is 1.30 bits per heavy atom. The molecule has 1 aromatic rings. The molecule has 1 aliphatic carbocycles. The van der Waals surface area contributed by atoms with Crippen molar-refractivity contribution in [2.75, 3.05) is 45.9 Å². The van der Waals surface area contributed by atoms with Gasteiger partial charge >= 0.3 is 0 Å². The lowest BCUT2D eigenvalue weighted by Crippen LogP contribution is -2.40. The van der Waals surface area contributed by atoms with Gasteiger partial charge in [0.25, 0.3) is 0 Å². The van der Waals surface area contributed by atoms with Crippen LogP contribution in [0.2, 0.25) is 0 Å². The molecule has 7 heteroatoms. The fraction of sp³-hybridized carbons (Fsp3) is 0.750. The topological polar surface area (TPSA) is 62.0 Å². The smallest absolute Gasteiger partial charge is 0.191 e. The molecule has 0 aromatic carbocycles. The number of ether oxygens (including phenoxy) is 1. The normalized spacial score (nSPS) is 19.4. The number of hydrogen-bond acceptors (Lipinski definition) is 4. The number of rotatable bonds is 10. The number of nitrogens with zero attached hydrogens (tertiary/aromatic N) is 2. The third kappa shape index (κ3) is 7.99. The van der Waals surface area contributed by atoms with Crippen LogP contribution in [-0.2, 0) is 4.74 Å². The summed E-state index contributed by atoms with van der Waals surface area (Å²) in [5.74, 6) is 2.69. The van der Waals surface area contributed by atoms with Crippen molar-refractivity contribution in [1.82, 2.24) is 15.5 Å². The highest BCUT2D eigenvalue weighted by atomic mass is 127. The molecule has 3 rings (SSSR count). The van der Waals surface area contributed by atoms with Crippen LogP contribution in [0.1, 0.15) is 50.8 Å². The summed E-state index contributed by atoms with van der Waals surface area (Å²) in [7, 11) is 0. The molecule has 0 amide bonds. The van der Waals surface area contributed by atoms with E-state index in [1.165, 1.54) is 32.1 Å². The highest BCUT2D eigenvalue weighted by Gasteiger charge is 2.24. The molecule has 0 radical (unpaired) electrons. The fourth-order valence-corrected chi connectivity index (χ4v) is 3.39. The van der Waals surface area contributed by atoms with Gasteiger partial charge in [0.2, 0.25) is 0 Å². The Balaban J connectivity index is 0.00000261. The van der Waals surface area contributed by atoms with E-state index in [4.69, 9.17) is 14.1 Å². The number of hydrogen-bond donors (Lipinski definition) is 2. The van der Waals surface area contributed by atoms with Crippen LogP contribution in [0.5, 0.6) is 0 Å². The molecule has 27 heavy (non-hydrogen) atoms. The first kappa shape index (κ1) is 22.5. The Morgan fingerprint density at radius 3 is 2.78 bits per heavy atom. The van der Waals surface area contributed by atoms with Gasteiger partial charge in [-0.05, 0) is 63.7 Å². The standard InChI is InChI=1S/C20H34N4O2.HI/c1-2-21-20(22-10-14-25-16-17-8-9-17)23-15-18(19-7-6-13-26-19)24-11-4-3-5-12-24;/h6-7,13,17-18H,2-5,8-12,14-16H2,1H3,(H2,21,22,23);1H. The average Bonchev–Trinajstić information content (AvgIpc) is 3.34. The largest absolute Gasteiger partial charge is 0.468 e. The van der Waals surface area contributed by atoms with E-state index in [2.05, 4.69) is 28.5 Å². The molecule has 2 heterocycles. The van der Waals surface area contributed by atoms with Crippen LogP contribution in [-0.4, -0.2) is 56.8 Å². The first-order valence-electron chi connectivity index (χ1n) is 10.2. The lowest BCUT2D eigenvalue weighted by atomic mass is 10.1. The van der Waals surface area contributed by atoms with Crippen LogP contribution >= 0.6 is 24.0 Å². The minimum absolute atomic E-state index is 0. The third-order valence-corrected chi connectivity index (χ3v) is 5.06. The Labute approximate surface area is 180 Å². The molecule has 0 spiro atoms. The van der Waals surface area contributed by atoms with Gasteiger partial charge in [-0.25, -0.2) is 0 Å². The monoisotopic (exact) mass is 490 g/mol. The van der Waals surface area contributed by atoms with Gasteiger partial charge < -0.3 is 19.8 Å². The van der Waals surface area contributed by atoms with Gasteiger partial charge in [-0.1, -0.05) is 6.42 Å². The van der Waals surface area contributed by atoms with Gasteiger partial charge in [0.05, 0.1) is 25.5 Å². The second-order valence-electron chi connectivity index (χ2n) is 7.29. The summed E-state index contributed by atoms with van der Waals surface area (Å²) < 4.78 is 11.4. The van der Waals surface area contributed by atoms with Crippen molar-refractivity contribution in [3.63, 3.8) is 0 Å². The molecule has 1 unspecified atom stereocenters. The summed E-state index contributed by atoms with van der Waals surface area (Å²) >= 11 is 0. The number of guanidine groups is 1. The first-order chi connectivity index (χ1) is 12.9. The molecule has 154 valence electrons. The fourth-order valence-electron chi connectivity index (χ4n) is 3.39.